The van der Waals surface area contributed by atoms with Gasteiger partial charge in [0.15, 0.2) is 0 Å². The smallest absolute Gasteiger partial charge is 0.123 e. The monoisotopic (exact) mass is 194 g/mol. The van der Waals surface area contributed by atoms with Gasteiger partial charge in [-0.3, -0.25) is 0 Å². The molecular weight excluding hydrogens is 179 g/mol. The molecule has 2 heteroatoms. The van der Waals surface area contributed by atoms with Crippen LogP contribution >= 0.6 is 0 Å². The quantitative estimate of drug-likeness (QED) is 0.728. The van der Waals surface area contributed by atoms with Crippen LogP contribution in [0.5, 0.6) is 0 Å². The first-order chi connectivity index (χ1) is 6.66. The molecule has 1 aliphatic rings. The Kier molecular flexibility index (Phi) is 2.55. The molecule has 0 saturated heterocycles. The van der Waals surface area contributed by atoms with E-state index in [0.717, 1.165) is 24.8 Å². The molecule has 1 aromatic carbocycles. The minimum Gasteiger partial charge on any atom is -0.393 e. The number of benzene rings is 1. The van der Waals surface area contributed by atoms with Gasteiger partial charge in [0.1, 0.15) is 5.82 Å². The van der Waals surface area contributed by atoms with E-state index in [-0.39, 0.29) is 11.9 Å². The number of aliphatic hydroxyl groups is 1. The maximum absolute atomic E-state index is 12.9. The van der Waals surface area contributed by atoms with Crippen molar-refractivity contribution in [3.63, 3.8) is 0 Å². The van der Waals surface area contributed by atoms with Crippen molar-refractivity contribution in [2.45, 2.75) is 38.2 Å². The molecule has 1 saturated carbocycles. The van der Waals surface area contributed by atoms with E-state index in [4.69, 9.17) is 0 Å². The van der Waals surface area contributed by atoms with Crippen LogP contribution in [-0.2, 0) is 0 Å². The third-order valence-electron chi connectivity index (χ3n) is 3.08. The predicted molar refractivity (Wildman–Crippen MR) is 53.7 cm³/mol. The lowest BCUT2D eigenvalue weighted by Crippen LogP contribution is -2.01. The zero-order chi connectivity index (χ0) is 10.1. The first-order valence-electron chi connectivity index (χ1n) is 5.11. The zero-order valence-electron chi connectivity index (χ0n) is 8.33. The van der Waals surface area contributed by atoms with Crippen LogP contribution in [0.2, 0.25) is 0 Å². The fourth-order valence-corrected chi connectivity index (χ4v) is 2.34. The highest BCUT2D eigenvalue weighted by Gasteiger charge is 2.25. The largest absolute Gasteiger partial charge is 0.393 e. The molecule has 1 nitrogen and oxygen atoms in total. The topological polar surface area (TPSA) is 20.2 Å². The van der Waals surface area contributed by atoms with E-state index in [1.165, 1.54) is 11.6 Å². The van der Waals surface area contributed by atoms with Gasteiger partial charge in [0.05, 0.1) is 6.10 Å². The van der Waals surface area contributed by atoms with Crippen molar-refractivity contribution in [2.24, 2.45) is 0 Å². The summed E-state index contributed by atoms with van der Waals surface area (Å²) in [7, 11) is 0. The summed E-state index contributed by atoms with van der Waals surface area (Å²) >= 11 is 0. The third-order valence-corrected chi connectivity index (χ3v) is 3.08. The molecule has 1 aromatic rings. The molecule has 0 spiro atoms. The molecular formula is C12H15FO. The summed E-state index contributed by atoms with van der Waals surface area (Å²) in [5.41, 5.74) is 2.20. The Morgan fingerprint density at radius 2 is 2.14 bits per heavy atom. The fourth-order valence-electron chi connectivity index (χ4n) is 2.34. The van der Waals surface area contributed by atoms with Crippen molar-refractivity contribution in [3.05, 3.63) is 35.1 Å². The Hall–Kier alpha value is -0.890. The Bertz CT molecular complexity index is 335. The highest BCUT2D eigenvalue weighted by molar-refractivity contribution is 5.30. The third kappa shape index (κ3) is 1.80. The molecule has 76 valence electrons. The lowest BCUT2D eigenvalue weighted by Gasteiger charge is -2.12. The van der Waals surface area contributed by atoms with Crippen molar-refractivity contribution >= 4 is 0 Å². The SMILES string of the molecule is Cc1cc(F)ccc1C1CCC(O)C1. The lowest BCUT2D eigenvalue weighted by atomic mass is 9.93. The van der Waals surface area contributed by atoms with Gasteiger partial charge in [-0.05, 0) is 55.4 Å². The summed E-state index contributed by atoms with van der Waals surface area (Å²) in [5, 5.41) is 9.43. The van der Waals surface area contributed by atoms with Crippen LogP contribution in [0.1, 0.15) is 36.3 Å². The summed E-state index contributed by atoms with van der Waals surface area (Å²) in [4.78, 5) is 0. The van der Waals surface area contributed by atoms with E-state index < -0.39 is 0 Å². The van der Waals surface area contributed by atoms with E-state index >= 15 is 0 Å². The highest BCUT2D eigenvalue weighted by atomic mass is 19.1. The van der Waals surface area contributed by atoms with Gasteiger partial charge in [0.25, 0.3) is 0 Å². The van der Waals surface area contributed by atoms with E-state index in [2.05, 4.69) is 0 Å². The van der Waals surface area contributed by atoms with Crippen molar-refractivity contribution in [1.82, 2.24) is 0 Å². The summed E-state index contributed by atoms with van der Waals surface area (Å²) in [5.74, 6) is 0.246. The number of hydrogen-bond donors (Lipinski definition) is 1. The zero-order valence-corrected chi connectivity index (χ0v) is 8.33. The first kappa shape index (κ1) is 9.66. The van der Waals surface area contributed by atoms with Gasteiger partial charge in [0.2, 0.25) is 0 Å². The summed E-state index contributed by atoms with van der Waals surface area (Å²) in [6.45, 7) is 1.93. The van der Waals surface area contributed by atoms with Gasteiger partial charge < -0.3 is 5.11 Å². The minimum absolute atomic E-state index is 0.163. The molecule has 0 bridgehead atoms. The second-order valence-corrected chi connectivity index (χ2v) is 4.16. The second kappa shape index (κ2) is 3.70. The Balaban J connectivity index is 2.24. The first-order valence-corrected chi connectivity index (χ1v) is 5.11. The van der Waals surface area contributed by atoms with Crippen LogP contribution in [0.4, 0.5) is 4.39 Å². The maximum atomic E-state index is 12.9. The molecule has 0 heterocycles. The van der Waals surface area contributed by atoms with Gasteiger partial charge in [-0.25, -0.2) is 4.39 Å². The number of aliphatic hydroxyl groups excluding tert-OH is 1. The molecule has 1 N–H and O–H groups in total. The van der Waals surface area contributed by atoms with Gasteiger partial charge in [-0.1, -0.05) is 6.07 Å². The lowest BCUT2D eigenvalue weighted by molar-refractivity contribution is 0.181. The van der Waals surface area contributed by atoms with Crippen molar-refractivity contribution in [2.75, 3.05) is 0 Å². The van der Waals surface area contributed by atoms with Crippen molar-refractivity contribution < 1.29 is 9.50 Å². The molecule has 0 aromatic heterocycles. The molecule has 0 radical (unpaired) electrons. The average Bonchev–Trinajstić information content (AvgIpc) is 2.51. The fraction of sp³-hybridized carbons (Fsp3) is 0.500. The Labute approximate surface area is 83.6 Å². The van der Waals surface area contributed by atoms with E-state index in [0.29, 0.717) is 5.92 Å². The molecule has 14 heavy (non-hydrogen) atoms. The summed E-state index contributed by atoms with van der Waals surface area (Å²) in [6.07, 6.45) is 2.56. The standard InChI is InChI=1S/C12H15FO/c1-8-6-10(13)3-5-12(8)9-2-4-11(14)7-9/h3,5-6,9,11,14H,2,4,7H2,1H3. The summed E-state index contributed by atoms with van der Waals surface area (Å²) < 4.78 is 12.9. The minimum atomic E-state index is -0.176. The molecule has 2 unspecified atom stereocenters. The number of halogens is 1. The Morgan fingerprint density at radius 3 is 2.71 bits per heavy atom. The second-order valence-electron chi connectivity index (χ2n) is 4.16. The van der Waals surface area contributed by atoms with E-state index in [1.807, 2.05) is 13.0 Å². The van der Waals surface area contributed by atoms with E-state index in [1.54, 1.807) is 6.07 Å². The maximum Gasteiger partial charge on any atom is 0.123 e. The molecule has 2 atom stereocenters. The molecule has 0 aliphatic heterocycles. The molecule has 0 amide bonds. The molecule has 1 fully saturated rings. The Morgan fingerprint density at radius 1 is 1.36 bits per heavy atom. The van der Waals surface area contributed by atoms with Crippen molar-refractivity contribution in [1.29, 1.82) is 0 Å². The van der Waals surface area contributed by atoms with Crippen LogP contribution in [0, 0.1) is 12.7 Å². The van der Waals surface area contributed by atoms with Gasteiger partial charge >= 0.3 is 0 Å². The van der Waals surface area contributed by atoms with Crippen LogP contribution in [0.25, 0.3) is 0 Å². The average molecular weight is 194 g/mol. The number of hydrogen-bond acceptors (Lipinski definition) is 1. The predicted octanol–water partition coefficient (Wildman–Crippen LogP) is 2.76. The normalized spacial score (nSPS) is 26.8. The van der Waals surface area contributed by atoms with Crippen LogP contribution in [-0.4, -0.2) is 11.2 Å². The van der Waals surface area contributed by atoms with Gasteiger partial charge in [0, 0.05) is 0 Å². The molecule has 1 aliphatic carbocycles. The van der Waals surface area contributed by atoms with Crippen LogP contribution < -0.4 is 0 Å². The van der Waals surface area contributed by atoms with E-state index in [9.17, 15) is 9.50 Å². The number of rotatable bonds is 1. The van der Waals surface area contributed by atoms with Gasteiger partial charge in [-0.2, -0.15) is 0 Å². The molecule has 2 rings (SSSR count). The van der Waals surface area contributed by atoms with Crippen molar-refractivity contribution in [3.8, 4) is 0 Å². The highest BCUT2D eigenvalue weighted by Crippen LogP contribution is 2.35. The number of aryl methyl sites for hydroxylation is 1. The van der Waals surface area contributed by atoms with Crippen LogP contribution in [0.15, 0.2) is 18.2 Å². The summed E-state index contributed by atoms with van der Waals surface area (Å²) in [6, 6.07) is 4.93. The van der Waals surface area contributed by atoms with Gasteiger partial charge in [-0.15, -0.1) is 0 Å². The van der Waals surface area contributed by atoms with Crippen LogP contribution in [0.3, 0.4) is 0 Å².